The average Bonchev–Trinajstić information content (AvgIpc) is 2.30. The summed E-state index contributed by atoms with van der Waals surface area (Å²) in [5.41, 5.74) is -0.142. The predicted molar refractivity (Wildman–Crippen MR) is 41.5 cm³/mol. The molecule has 0 amide bonds. The molecule has 1 rings (SSSR count). The van der Waals surface area contributed by atoms with Crippen LogP contribution in [0.15, 0.2) is 5.38 Å². The van der Waals surface area contributed by atoms with E-state index in [1.165, 1.54) is 5.38 Å². The van der Waals surface area contributed by atoms with Crippen molar-refractivity contribution in [1.29, 1.82) is 0 Å². The van der Waals surface area contributed by atoms with Gasteiger partial charge in [0.1, 0.15) is 0 Å². The molecule has 7 heteroatoms. The Bertz CT molecular complexity index is 273. The molecule has 0 aliphatic heterocycles. The topological polar surface area (TPSA) is 53.4 Å². The molecule has 1 aromatic heterocycles. The zero-order valence-corrected chi connectivity index (χ0v) is 6.98. The number of hydrogen-bond acceptors (Lipinski definition) is 4. The third kappa shape index (κ3) is 1.99. The highest BCUT2D eigenvalue weighted by Crippen LogP contribution is 2.27. The van der Waals surface area contributed by atoms with Gasteiger partial charge in [-0.25, -0.2) is 4.98 Å². The van der Waals surface area contributed by atoms with Crippen molar-refractivity contribution in [2.75, 3.05) is 0 Å². The molecule has 0 spiro atoms. The van der Waals surface area contributed by atoms with Crippen LogP contribution in [0.5, 0.6) is 0 Å². The molecule has 0 atom stereocenters. The molecule has 0 bridgehead atoms. The fourth-order valence-corrected chi connectivity index (χ4v) is 1.38. The minimum absolute atomic E-state index is 0.142. The van der Waals surface area contributed by atoms with Crippen LogP contribution in [0.4, 0.5) is 8.78 Å². The Morgan fingerprint density at radius 2 is 2.17 bits per heavy atom. The van der Waals surface area contributed by atoms with Crippen LogP contribution < -0.4 is 5.59 Å². The van der Waals surface area contributed by atoms with Crippen LogP contribution in [0, 0.1) is 0 Å². The summed E-state index contributed by atoms with van der Waals surface area (Å²) in [7, 11) is -1.78. The van der Waals surface area contributed by atoms with Crippen molar-refractivity contribution in [3.05, 3.63) is 10.4 Å². The molecule has 0 unspecified atom stereocenters. The summed E-state index contributed by atoms with van der Waals surface area (Å²) in [5, 5.41) is 17.9. The molecule has 66 valence electrons. The van der Waals surface area contributed by atoms with E-state index >= 15 is 0 Å². The van der Waals surface area contributed by atoms with Gasteiger partial charge in [-0.3, -0.25) is 0 Å². The lowest BCUT2D eigenvalue weighted by Gasteiger charge is -2.03. The maximum Gasteiger partial charge on any atom is 0.509 e. The van der Waals surface area contributed by atoms with Gasteiger partial charge in [0.05, 0.1) is 5.59 Å². The smallest absolute Gasteiger partial charge is 0.422 e. The quantitative estimate of drug-likeness (QED) is 0.646. The zero-order valence-electron chi connectivity index (χ0n) is 6.16. The maximum atomic E-state index is 12.5. The van der Waals surface area contributed by atoms with Gasteiger partial charge in [-0.15, -0.1) is 11.3 Å². The number of thiazole rings is 1. The van der Waals surface area contributed by atoms with Gasteiger partial charge in [0.15, 0.2) is 5.01 Å². The summed E-state index contributed by atoms with van der Waals surface area (Å²) in [4.78, 5) is 3.35. The number of nitrogens with zero attached hydrogens (tertiary/aromatic N) is 1. The first-order chi connectivity index (χ1) is 5.41. The first-order valence-corrected chi connectivity index (χ1v) is 3.99. The molecule has 1 heterocycles. The highest BCUT2D eigenvalue weighted by atomic mass is 32.1. The van der Waals surface area contributed by atoms with Gasteiger partial charge in [-0.05, 0) is 0 Å². The molecule has 0 saturated carbocycles. The van der Waals surface area contributed by atoms with Crippen LogP contribution in [0.1, 0.15) is 11.9 Å². The Morgan fingerprint density at radius 3 is 2.42 bits per heavy atom. The highest BCUT2D eigenvalue weighted by Gasteiger charge is 2.29. The van der Waals surface area contributed by atoms with Crippen molar-refractivity contribution in [2.45, 2.75) is 12.8 Å². The van der Waals surface area contributed by atoms with Crippen LogP contribution in [0.25, 0.3) is 0 Å². The van der Waals surface area contributed by atoms with Crippen LogP contribution in [0.3, 0.4) is 0 Å². The van der Waals surface area contributed by atoms with E-state index in [-0.39, 0.29) is 5.59 Å². The van der Waals surface area contributed by atoms with E-state index < -0.39 is 18.0 Å². The first kappa shape index (κ1) is 9.56. The SMILES string of the molecule is CC(F)(F)c1nc(B(O)O)cs1. The second-order valence-electron chi connectivity index (χ2n) is 2.34. The largest absolute Gasteiger partial charge is 0.509 e. The molecule has 0 saturated heterocycles. The summed E-state index contributed by atoms with van der Waals surface area (Å²) < 4.78 is 25.0. The van der Waals surface area contributed by atoms with E-state index in [0.29, 0.717) is 18.3 Å². The Labute approximate surface area is 71.8 Å². The molecule has 2 N–H and O–H groups in total. The summed E-state index contributed by atoms with van der Waals surface area (Å²) in [6.07, 6.45) is 0. The van der Waals surface area contributed by atoms with E-state index in [0.717, 1.165) is 0 Å². The number of aromatic nitrogens is 1. The van der Waals surface area contributed by atoms with E-state index in [1.807, 2.05) is 0 Å². The van der Waals surface area contributed by atoms with Crippen LogP contribution in [-0.4, -0.2) is 22.2 Å². The third-order valence-electron chi connectivity index (χ3n) is 1.16. The lowest BCUT2D eigenvalue weighted by atomic mass is 9.88. The fourth-order valence-electron chi connectivity index (χ4n) is 0.606. The number of hydrogen-bond donors (Lipinski definition) is 2. The number of rotatable bonds is 2. The lowest BCUT2D eigenvalue weighted by Crippen LogP contribution is -2.31. The van der Waals surface area contributed by atoms with Gasteiger partial charge >= 0.3 is 7.12 Å². The summed E-state index contributed by atoms with van der Waals surface area (Å²) in [5.74, 6) is -3.02. The summed E-state index contributed by atoms with van der Waals surface area (Å²) >= 11 is 0.704. The Morgan fingerprint density at radius 1 is 1.58 bits per heavy atom. The van der Waals surface area contributed by atoms with Crippen molar-refractivity contribution in [2.24, 2.45) is 0 Å². The molecule has 0 aliphatic carbocycles. The first-order valence-electron chi connectivity index (χ1n) is 3.11. The molecule has 0 aromatic carbocycles. The Hall–Kier alpha value is -0.525. The lowest BCUT2D eigenvalue weighted by molar-refractivity contribution is 0.0173. The minimum Gasteiger partial charge on any atom is -0.422 e. The molecule has 1 aromatic rings. The monoisotopic (exact) mass is 193 g/mol. The van der Waals surface area contributed by atoms with Crippen LogP contribution >= 0.6 is 11.3 Å². The fraction of sp³-hybridized carbons (Fsp3) is 0.400. The predicted octanol–water partition coefficient (Wildman–Crippen LogP) is -0.0654. The average molecular weight is 193 g/mol. The van der Waals surface area contributed by atoms with Gasteiger partial charge in [-0.1, -0.05) is 0 Å². The molecular formula is C5H6BF2NO2S. The Balaban J connectivity index is 2.92. The Kier molecular flexibility index (Phi) is 2.45. The van der Waals surface area contributed by atoms with Crippen LogP contribution in [0.2, 0.25) is 0 Å². The second-order valence-corrected chi connectivity index (χ2v) is 3.20. The van der Waals surface area contributed by atoms with Crippen molar-refractivity contribution in [1.82, 2.24) is 4.98 Å². The van der Waals surface area contributed by atoms with Gasteiger partial charge < -0.3 is 10.0 Å². The van der Waals surface area contributed by atoms with E-state index in [4.69, 9.17) is 10.0 Å². The summed E-state index contributed by atoms with van der Waals surface area (Å²) in [6.45, 7) is 0.708. The third-order valence-corrected chi connectivity index (χ3v) is 2.19. The highest BCUT2D eigenvalue weighted by molar-refractivity contribution is 7.10. The number of halogens is 2. The van der Waals surface area contributed by atoms with Crippen molar-refractivity contribution >= 4 is 24.0 Å². The molecule has 0 aliphatic rings. The zero-order chi connectivity index (χ0) is 9.35. The van der Waals surface area contributed by atoms with Crippen molar-refractivity contribution < 1.29 is 18.8 Å². The minimum atomic E-state index is -3.02. The van der Waals surface area contributed by atoms with Gasteiger partial charge in [-0.2, -0.15) is 8.78 Å². The van der Waals surface area contributed by atoms with E-state index in [1.54, 1.807) is 0 Å². The van der Waals surface area contributed by atoms with Crippen molar-refractivity contribution in [3.8, 4) is 0 Å². The standard InChI is InChI=1S/C5H6BF2NO2S/c1-5(7,8)4-9-3(2-12-4)6(10)11/h2,10-11H,1H3. The normalized spacial score (nSPS) is 11.8. The molecule has 3 nitrogen and oxygen atoms in total. The molecule has 0 fully saturated rings. The van der Waals surface area contributed by atoms with Gasteiger partial charge in [0.25, 0.3) is 5.92 Å². The van der Waals surface area contributed by atoms with E-state index in [2.05, 4.69) is 4.98 Å². The molecule has 12 heavy (non-hydrogen) atoms. The summed E-state index contributed by atoms with van der Waals surface area (Å²) in [6, 6.07) is 0. The number of alkyl halides is 2. The van der Waals surface area contributed by atoms with Gasteiger partial charge in [0, 0.05) is 12.3 Å². The molecule has 0 radical (unpaired) electrons. The van der Waals surface area contributed by atoms with Crippen molar-refractivity contribution in [3.63, 3.8) is 0 Å². The van der Waals surface area contributed by atoms with Gasteiger partial charge in [0.2, 0.25) is 0 Å². The van der Waals surface area contributed by atoms with Crippen LogP contribution in [-0.2, 0) is 5.92 Å². The maximum absolute atomic E-state index is 12.5. The van der Waals surface area contributed by atoms with E-state index in [9.17, 15) is 8.78 Å². The second kappa shape index (κ2) is 3.08. The molecular weight excluding hydrogens is 187 g/mol.